The third kappa shape index (κ3) is 4.99. The molecule has 2 aromatic rings. The van der Waals surface area contributed by atoms with Gasteiger partial charge >= 0.3 is 0 Å². The number of carbonyl (C=O) groups excluding carboxylic acids is 2. The molecule has 2 rings (SSSR count). The van der Waals surface area contributed by atoms with E-state index < -0.39 is 0 Å². The van der Waals surface area contributed by atoms with Crippen LogP contribution in [0.2, 0.25) is 0 Å². The van der Waals surface area contributed by atoms with Crippen molar-refractivity contribution in [1.82, 2.24) is 21.2 Å². The van der Waals surface area contributed by atoms with Gasteiger partial charge in [0.25, 0.3) is 11.8 Å². The van der Waals surface area contributed by atoms with Gasteiger partial charge in [0.15, 0.2) is 0 Å². The molecule has 22 heavy (non-hydrogen) atoms. The maximum absolute atomic E-state index is 11.8. The number of hydrazine groups is 1. The van der Waals surface area contributed by atoms with Gasteiger partial charge < -0.3 is 5.32 Å². The molecule has 0 spiro atoms. The predicted molar refractivity (Wildman–Crippen MR) is 82.7 cm³/mol. The van der Waals surface area contributed by atoms with Crippen molar-refractivity contribution in [1.29, 1.82) is 0 Å². The number of nitrogens with zero attached hydrogens (tertiary/aromatic N) is 1. The molecule has 0 radical (unpaired) electrons. The fraction of sp³-hybridized carbons (Fsp3) is 0.188. The van der Waals surface area contributed by atoms with Gasteiger partial charge in [-0.25, -0.2) is 5.43 Å². The summed E-state index contributed by atoms with van der Waals surface area (Å²) in [5.41, 5.74) is 7.80. The van der Waals surface area contributed by atoms with Crippen LogP contribution < -0.4 is 16.2 Å². The Morgan fingerprint density at radius 2 is 1.91 bits per heavy atom. The second-order valence-corrected chi connectivity index (χ2v) is 4.76. The number of benzene rings is 1. The van der Waals surface area contributed by atoms with Crippen molar-refractivity contribution in [2.45, 2.75) is 13.5 Å². The first-order valence-electron chi connectivity index (χ1n) is 6.91. The lowest BCUT2D eigenvalue weighted by Gasteiger charge is -2.08. The van der Waals surface area contributed by atoms with Crippen LogP contribution in [0.1, 0.15) is 21.6 Å². The zero-order valence-electron chi connectivity index (χ0n) is 12.3. The zero-order chi connectivity index (χ0) is 15.8. The van der Waals surface area contributed by atoms with Crippen molar-refractivity contribution < 1.29 is 9.59 Å². The molecule has 0 saturated heterocycles. The molecule has 0 aliphatic carbocycles. The predicted octanol–water partition coefficient (Wildman–Crippen LogP) is 0.941. The maximum atomic E-state index is 11.8. The van der Waals surface area contributed by atoms with Crippen LogP contribution in [-0.4, -0.2) is 23.3 Å². The highest BCUT2D eigenvalue weighted by Gasteiger charge is 2.06. The van der Waals surface area contributed by atoms with Crippen molar-refractivity contribution in [2.75, 3.05) is 6.54 Å². The van der Waals surface area contributed by atoms with Crippen LogP contribution in [0.4, 0.5) is 0 Å². The standard InChI is InChI=1S/C16H18N4O2/c1-12-9-13(7-8-17-12)10-19-20-15(21)11-18-16(22)14-5-3-2-4-6-14/h2-9,19H,10-11H2,1H3,(H,18,22)(H,20,21). The van der Waals surface area contributed by atoms with E-state index in [2.05, 4.69) is 21.2 Å². The smallest absolute Gasteiger partial charge is 0.253 e. The molecule has 114 valence electrons. The van der Waals surface area contributed by atoms with Crippen LogP contribution in [-0.2, 0) is 11.3 Å². The van der Waals surface area contributed by atoms with Gasteiger partial charge in [-0.1, -0.05) is 18.2 Å². The number of amides is 2. The summed E-state index contributed by atoms with van der Waals surface area (Å²) in [6.07, 6.45) is 1.72. The highest BCUT2D eigenvalue weighted by molar-refractivity contribution is 5.96. The Morgan fingerprint density at radius 3 is 2.64 bits per heavy atom. The molecule has 6 nitrogen and oxygen atoms in total. The summed E-state index contributed by atoms with van der Waals surface area (Å²) in [5, 5.41) is 2.56. The lowest BCUT2D eigenvalue weighted by Crippen LogP contribution is -2.43. The first kappa shape index (κ1) is 15.7. The third-order valence-electron chi connectivity index (χ3n) is 2.93. The number of aryl methyl sites for hydroxylation is 1. The van der Waals surface area contributed by atoms with Crippen LogP contribution in [0, 0.1) is 6.92 Å². The van der Waals surface area contributed by atoms with Crippen molar-refractivity contribution >= 4 is 11.8 Å². The van der Waals surface area contributed by atoms with E-state index in [9.17, 15) is 9.59 Å². The summed E-state index contributed by atoms with van der Waals surface area (Å²) in [5.74, 6) is -0.587. The van der Waals surface area contributed by atoms with Gasteiger partial charge in [-0.15, -0.1) is 0 Å². The van der Waals surface area contributed by atoms with Crippen LogP contribution in [0.25, 0.3) is 0 Å². The second kappa shape index (κ2) is 7.90. The summed E-state index contributed by atoms with van der Waals surface area (Å²) in [4.78, 5) is 27.5. The van der Waals surface area contributed by atoms with Crippen molar-refractivity contribution in [2.24, 2.45) is 0 Å². The minimum atomic E-state index is -0.310. The maximum Gasteiger partial charge on any atom is 0.253 e. The molecule has 3 N–H and O–H groups in total. The van der Waals surface area contributed by atoms with Crippen molar-refractivity contribution in [3.8, 4) is 0 Å². The Hall–Kier alpha value is -2.73. The van der Waals surface area contributed by atoms with Gasteiger partial charge in [0.1, 0.15) is 0 Å². The minimum Gasteiger partial charge on any atom is -0.343 e. The van der Waals surface area contributed by atoms with Crippen molar-refractivity contribution in [3.63, 3.8) is 0 Å². The first-order valence-corrected chi connectivity index (χ1v) is 6.91. The summed E-state index contributed by atoms with van der Waals surface area (Å²) in [6.45, 7) is 2.30. The zero-order valence-corrected chi connectivity index (χ0v) is 12.3. The van der Waals surface area contributed by atoms with E-state index in [-0.39, 0.29) is 18.4 Å². The average molecular weight is 298 g/mol. The normalized spacial score (nSPS) is 10.0. The monoisotopic (exact) mass is 298 g/mol. The number of aromatic nitrogens is 1. The van der Waals surface area contributed by atoms with Gasteiger partial charge in [0, 0.05) is 24.0 Å². The average Bonchev–Trinajstić information content (AvgIpc) is 2.53. The molecule has 1 aromatic heterocycles. The molecule has 0 fully saturated rings. The van der Waals surface area contributed by atoms with Crippen molar-refractivity contribution in [3.05, 3.63) is 65.5 Å². The van der Waals surface area contributed by atoms with Crippen LogP contribution in [0.3, 0.4) is 0 Å². The number of pyridine rings is 1. The number of rotatable bonds is 6. The quantitative estimate of drug-likeness (QED) is 0.693. The highest BCUT2D eigenvalue weighted by atomic mass is 16.2. The van der Waals surface area contributed by atoms with Gasteiger partial charge in [0.05, 0.1) is 6.54 Å². The van der Waals surface area contributed by atoms with Crippen LogP contribution in [0.15, 0.2) is 48.7 Å². The van der Waals surface area contributed by atoms with Gasteiger partial charge in [-0.05, 0) is 36.8 Å². The number of hydrogen-bond donors (Lipinski definition) is 3. The fourth-order valence-corrected chi connectivity index (χ4v) is 1.86. The number of nitrogens with one attached hydrogen (secondary N) is 3. The minimum absolute atomic E-state index is 0.0872. The highest BCUT2D eigenvalue weighted by Crippen LogP contribution is 1.99. The summed E-state index contributed by atoms with van der Waals surface area (Å²) in [6, 6.07) is 12.5. The van der Waals surface area contributed by atoms with E-state index in [0.717, 1.165) is 11.3 Å². The molecular formula is C16H18N4O2. The summed E-state index contributed by atoms with van der Waals surface area (Å²) >= 11 is 0. The van der Waals surface area contributed by atoms with Crippen LogP contribution >= 0.6 is 0 Å². The lowest BCUT2D eigenvalue weighted by molar-refractivity contribution is -0.121. The van der Waals surface area contributed by atoms with E-state index in [1.165, 1.54) is 0 Å². The van der Waals surface area contributed by atoms with E-state index in [0.29, 0.717) is 12.1 Å². The number of carbonyl (C=O) groups is 2. The molecule has 1 aromatic carbocycles. The Kier molecular flexibility index (Phi) is 5.62. The Bertz CT molecular complexity index is 644. The Labute approximate surface area is 128 Å². The molecule has 6 heteroatoms. The third-order valence-corrected chi connectivity index (χ3v) is 2.93. The first-order chi connectivity index (χ1) is 10.6. The fourth-order valence-electron chi connectivity index (χ4n) is 1.86. The van der Waals surface area contributed by atoms with Gasteiger partial charge in [-0.2, -0.15) is 0 Å². The van der Waals surface area contributed by atoms with E-state index in [4.69, 9.17) is 0 Å². The molecule has 1 heterocycles. The lowest BCUT2D eigenvalue weighted by atomic mass is 10.2. The van der Waals surface area contributed by atoms with Gasteiger partial charge in [0.2, 0.25) is 0 Å². The van der Waals surface area contributed by atoms with E-state index in [1.807, 2.05) is 25.1 Å². The molecule has 0 saturated carbocycles. The second-order valence-electron chi connectivity index (χ2n) is 4.76. The molecule has 0 aliphatic rings. The Morgan fingerprint density at radius 1 is 1.14 bits per heavy atom. The summed E-state index contributed by atoms with van der Waals surface area (Å²) in [7, 11) is 0. The molecule has 0 unspecified atom stereocenters. The van der Waals surface area contributed by atoms with Crippen LogP contribution in [0.5, 0.6) is 0 Å². The van der Waals surface area contributed by atoms with Gasteiger partial charge in [-0.3, -0.25) is 20.0 Å². The van der Waals surface area contributed by atoms with E-state index >= 15 is 0 Å². The molecule has 0 atom stereocenters. The summed E-state index contributed by atoms with van der Waals surface area (Å²) < 4.78 is 0. The molecule has 0 bridgehead atoms. The van der Waals surface area contributed by atoms with E-state index in [1.54, 1.807) is 30.5 Å². The Balaban J connectivity index is 1.69. The SMILES string of the molecule is Cc1cc(CNNC(=O)CNC(=O)c2ccccc2)ccn1. The number of hydrogen-bond acceptors (Lipinski definition) is 4. The topological polar surface area (TPSA) is 83.1 Å². The molecular weight excluding hydrogens is 280 g/mol. The molecule has 2 amide bonds. The largest absolute Gasteiger partial charge is 0.343 e. The molecule has 0 aliphatic heterocycles.